The number of ketones is 1. The summed E-state index contributed by atoms with van der Waals surface area (Å²) in [5, 5.41) is 0. The molecule has 0 bridgehead atoms. The summed E-state index contributed by atoms with van der Waals surface area (Å²) in [4.78, 5) is 20.7. The average molecular weight is 132 g/mol. The normalized spacial score (nSPS) is 11.6. The first-order chi connectivity index (χ1) is 3.66. The van der Waals surface area contributed by atoms with Crippen molar-refractivity contribution in [1.82, 2.24) is 0 Å². The summed E-state index contributed by atoms with van der Waals surface area (Å²) >= 11 is 0. The lowest BCUT2D eigenvalue weighted by molar-refractivity contribution is -0.152. The fraction of sp³-hybridized carbons (Fsp3) is 0.600. The molecule has 0 amide bonds. The van der Waals surface area contributed by atoms with E-state index in [0.717, 1.165) is 0 Å². The smallest absolute Gasteiger partial charge is 0.193 e. The predicted octanol–water partition coefficient (Wildman–Crippen LogP) is 0.155. The van der Waals surface area contributed by atoms with Gasteiger partial charge in [0.25, 0.3) is 0 Å². The summed E-state index contributed by atoms with van der Waals surface area (Å²) in [5.74, 6) is 1.16. The van der Waals surface area contributed by atoms with Crippen LogP contribution in [0.3, 0.4) is 0 Å². The fourth-order valence-corrected chi connectivity index (χ4v) is 0.882. The van der Waals surface area contributed by atoms with E-state index in [2.05, 4.69) is 0 Å². The van der Waals surface area contributed by atoms with Gasteiger partial charge in [-0.25, -0.2) is 0 Å². The van der Waals surface area contributed by atoms with Crippen LogP contribution < -0.4 is 4.89 Å². The highest BCUT2D eigenvalue weighted by molar-refractivity contribution is 7.52. The molecule has 8 heavy (non-hydrogen) atoms. The van der Waals surface area contributed by atoms with Gasteiger partial charge in [0, 0.05) is 6.92 Å². The van der Waals surface area contributed by atoms with E-state index >= 15 is 0 Å². The summed E-state index contributed by atoms with van der Waals surface area (Å²) in [6, 6.07) is 0. The first-order valence-electron chi connectivity index (χ1n) is 2.46. The lowest BCUT2D eigenvalue weighted by Crippen LogP contribution is -1.97. The topological polar surface area (TPSA) is 40.1 Å². The third-order valence-corrected chi connectivity index (χ3v) is 1.91. The molecule has 0 aromatic carbocycles. The standard InChI is InChI=1S/C5H9O2P/c1-3-8(7)4-5(2)6/h4H,3H2,1-2H3. The molecule has 0 aromatic rings. The van der Waals surface area contributed by atoms with Gasteiger partial charge in [-0.15, -0.1) is 0 Å². The predicted molar refractivity (Wildman–Crippen MR) is 34.2 cm³/mol. The van der Waals surface area contributed by atoms with Crippen LogP contribution in [0.4, 0.5) is 0 Å². The summed E-state index contributed by atoms with van der Waals surface area (Å²) in [6.45, 7) is 3.20. The molecule has 1 unspecified atom stereocenters. The Labute approximate surface area is 50.0 Å². The molecule has 1 atom stereocenters. The van der Waals surface area contributed by atoms with Crippen molar-refractivity contribution in [2.45, 2.75) is 13.8 Å². The van der Waals surface area contributed by atoms with Gasteiger partial charge in [-0.1, -0.05) is 0 Å². The van der Waals surface area contributed by atoms with Gasteiger partial charge in [-0.3, -0.25) is 4.79 Å². The number of carbonyl (C=O) groups is 1. The Bertz CT molecular complexity index is 118. The highest BCUT2D eigenvalue weighted by Gasteiger charge is 1.91. The van der Waals surface area contributed by atoms with E-state index in [-0.39, 0.29) is 5.78 Å². The summed E-state index contributed by atoms with van der Waals surface area (Å²) in [6.07, 6.45) is 0.564. The van der Waals surface area contributed by atoms with Crippen LogP contribution in [0.2, 0.25) is 0 Å². The van der Waals surface area contributed by atoms with Crippen LogP contribution in [0.5, 0.6) is 0 Å². The Hall–Kier alpha value is -0.200. The van der Waals surface area contributed by atoms with Crippen LogP contribution in [-0.2, 0) is 4.79 Å². The molecular formula is C5H9O2P. The number of hydrogen-bond donors (Lipinski definition) is 0. The first-order valence-corrected chi connectivity index (χ1v) is 3.97. The maximum absolute atomic E-state index is 10.5. The average Bonchev–Trinajstić information content (AvgIpc) is 1.65. The van der Waals surface area contributed by atoms with Crippen LogP contribution in [0.1, 0.15) is 13.8 Å². The van der Waals surface area contributed by atoms with Gasteiger partial charge in [-0.2, -0.15) is 0 Å². The van der Waals surface area contributed by atoms with E-state index in [1.54, 1.807) is 6.92 Å². The van der Waals surface area contributed by atoms with Crippen LogP contribution >= 0.6 is 7.77 Å². The Kier molecular flexibility index (Phi) is 3.67. The molecule has 2 nitrogen and oxygen atoms in total. The Morgan fingerprint density at radius 2 is 2.38 bits per heavy atom. The third-order valence-electron chi connectivity index (χ3n) is 0.637. The van der Waals surface area contributed by atoms with Gasteiger partial charge in [0.05, 0.1) is 13.9 Å². The van der Waals surface area contributed by atoms with Gasteiger partial charge < -0.3 is 4.89 Å². The number of rotatable bonds is 2. The molecule has 0 rings (SSSR count). The molecule has 0 radical (unpaired) electrons. The second-order valence-corrected chi connectivity index (χ2v) is 3.20. The van der Waals surface area contributed by atoms with Crippen molar-refractivity contribution >= 4 is 19.4 Å². The van der Waals surface area contributed by atoms with Crippen molar-refractivity contribution in [2.24, 2.45) is 0 Å². The third kappa shape index (κ3) is 3.97. The molecule has 0 heterocycles. The van der Waals surface area contributed by atoms with Crippen molar-refractivity contribution in [3.8, 4) is 0 Å². The van der Waals surface area contributed by atoms with Crippen LogP contribution in [0.25, 0.3) is 0 Å². The van der Waals surface area contributed by atoms with E-state index in [4.69, 9.17) is 0 Å². The number of hydrogen-bond acceptors (Lipinski definition) is 2. The monoisotopic (exact) mass is 132 g/mol. The first kappa shape index (κ1) is 7.80. The van der Waals surface area contributed by atoms with Crippen molar-refractivity contribution in [1.29, 1.82) is 0 Å². The number of carbonyl (C=O) groups excluding carboxylic acids is 1. The second kappa shape index (κ2) is 3.76. The lowest BCUT2D eigenvalue weighted by atomic mass is 10.5. The Morgan fingerprint density at radius 1 is 1.88 bits per heavy atom. The van der Waals surface area contributed by atoms with E-state index in [1.165, 1.54) is 12.7 Å². The molecule has 0 saturated carbocycles. The van der Waals surface area contributed by atoms with Gasteiger partial charge in [0.1, 0.15) is 5.80 Å². The molecule has 0 spiro atoms. The summed E-state index contributed by atoms with van der Waals surface area (Å²) in [7, 11) is -1.34. The zero-order chi connectivity index (χ0) is 6.57. The highest BCUT2D eigenvalue weighted by atomic mass is 31.1. The molecule has 46 valence electrons. The molecule has 0 aliphatic carbocycles. The Morgan fingerprint density at radius 3 is 2.50 bits per heavy atom. The van der Waals surface area contributed by atoms with Gasteiger partial charge in [-0.05, 0) is 6.92 Å². The van der Waals surface area contributed by atoms with Crippen LogP contribution in [0.15, 0.2) is 0 Å². The van der Waals surface area contributed by atoms with E-state index in [0.29, 0.717) is 6.16 Å². The highest BCUT2D eigenvalue weighted by Crippen LogP contribution is 2.05. The molecular weight excluding hydrogens is 123 g/mol. The van der Waals surface area contributed by atoms with E-state index in [1.807, 2.05) is 0 Å². The van der Waals surface area contributed by atoms with E-state index < -0.39 is 7.77 Å². The number of Topliss-reactive ketones (excluding diaryl/α,β-unsaturated/α-hetero) is 1. The molecule has 0 aromatic heterocycles. The molecule has 0 saturated heterocycles. The quantitative estimate of drug-likeness (QED) is 0.502. The van der Waals surface area contributed by atoms with Gasteiger partial charge in [0.15, 0.2) is 5.78 Å². The second-order valence-electron chi connectivity index (χ2n) is 1.47. The van der Waals surface area contributed by atoms with Crippen molar-refractivity contribution in [3.05, 3.63) is 0 Å². The fourth-order valence-electron chi connectivity index (χ4n) is 0.294. The van der Waals surface area contributed by atoms with Crippen LogP contribution in [-0.4, -0.2) is 17.7 Å². The van der Waals surface area contributed by atoms with Gasteiger partial charge in [0.2, 0.25) is 0 Å². The van der Waals surface area contributed by atoms with Crippen molar-refractivity contribution < 1.29 is 9.69 Å². The zero-order valence-corrected chi connectivity index (χ0v) is 5.94. The molecule has 0 N–H and O–H groups in total. The van der Waals surface area contributed by atoms with Crippen LogP contribution in [0, 0.1) is 0 Å². The maximum atomic E-state index is 10.5. The molecule has 0 aliphatic rings. The minimum absolute atomic E-state index is 0.104. The molecule has 3 heteroatoms. The molecule has 0 fully saturated rings. The summed E-state index contributed by atoms with van der Waals surface area (Å²) in [5.41, 5.74) is 0. The summed E-state index contributed by atoms with van der Waals surface area (Å²) < 4.78 is 0. The Balaban J connectivity index is 3.75. The lowest BCUT2D eigenvalue weighted by Gasteiger charge is -1.87. The SMILES string of the molecule is CC[P+]([O-])=CC(C)=O. The zero-order valence-electron chi connectivity index (χ0n) is 5.05. The maximum Gasteiger partial charge on any atom is 0.193 e. The van der Waals surface area contributed by atoms with E-state index in [9.17, 15) is 9.69 Å². The largest absolute Gasteiger partial charge is 0.630 e. The van der Waals surface area contributed by atoms with Crippen molar-refractivity contribution in [2.75, 3.05) is 6.16 Å². The van der Waals surface area contributed by atoms with Gasteiger partial charge >= 0.3 is 0 Å². The van der Waals surface area contributed by atoms with Crippen molar-refractivity contribution in [3.63, 3.8) is 0 Å². The molecule has 0 aliphatic heterocycles. The minimum atomic E-state index is -1.34. The minimum Gasteiger partial charge on any atom is -0.630 e.